The van der Waals surface area contributed by atoms with Crippen LogP contribution in [0.15, 0.2) is 0 Å². The topological polar surface area (TPSA) is 185 Å². The maximum atomic E-state index is 10.5. The van der Waals surface area contributed by atoms with E-state index in [1.807, 2.05) is 0 Å². The molecule has 252 valence electrons. The fourth-order valence-electron chi connectivity index (χ4n) is 3.09. The van der Waals surface area contributed by atoms with Gasteiger partial charge in [-0.1, -0.05) is 0 Å². The van der Waals surface area contributed by atoms with Crippen LogP contribution in [-0.4, -0.2) is 181 Å². The molecule has 15 nitrogen and oxygen atoms in total. The summed E-state index contributed by atoms with van der Waals surface area (Å²) in [4.78, 5) is 12.7. The van der Waals surface area contributed by atoms with Gasteiger partial charge in [-0.3, -0.25) is 9.69 Å². The summed E-state index contributed by atoms with van der Waals surface area (Å²) < 4.78 is 54.6. The number of hydrogen-bond donors (Lipinski definition) is 3. The normalized spacial score (nSPS) is 11.6. The van der Waals surface area contributed by atoms with Gasteiger partial charge < -0.3 is 63.9 Å². The second-order valence-electron chi connectivity index (χ2n) is 8.69. The number of carboxylic acids is 1. The van der Waals surface area contributed by atoms with Gasteiger partial charge >= 0.3 is 5.97 Å². The Kier molecular flexibility index (Phi) is 35.2. The predicted octanol–water partition coefficient (Wildman–Crippen LogP) is -1.15. The molecule has 42 heavy (non-hydrogen) atoms. The molecule has 0 aliphatic heterocycles. The van der Waals surface area contributed by atoms with Crippen molar-refractivity contribution in [2.45, 2.75) is 6.42 Å². The summed E-state index contributed by atoms with van der Waals surface area (Å²) in [5.74, 6) is -0.877. The second kappa shape index (κ2) is 36.1. The van der Waals surface area contributed by atoms with Gasteiger partial charge in [0.15, 0.2) is 0 Å². The van der Waals surface area contributed by atoms with Gasteiger partial charge in [0.2, 0.25) is 0 Å². The van der Waals surface area contributed by atoms with E-state index in [0.29, 0.717) is 145 Å². The van der Waals surface area contributed by atoms with Gasteiger partial charge in [0, 0.05) is 32.7 Å². The first-order valence-electron chi connectivity index (χ1n) is 14.8. The van der Waals surface area contributed by atoms with E-state index in [-0.39, 0.29) is 13.0 Å². The SMILES string of the molecule is NCCOCCOCCOCCOCCN(CCOCCOCCOCCOCCN)CCOCCOCCC(=O)O. The van der Waals surface area contributed by atoms with E-state index in [1.165, 1.54) is 0 Å². The molecular formula is C27H57N3O12. The van der Waals surface area contributed by atoms with Gasteiger partial charge in [0.05, 0.1) is 139 Å². The number of nitrogens with zero attached hydrogens (tertiary/aromatic N) is 1. The Balaban J connectivity index is 3.88. The van der Waals surface area contributed by atoms with E-state index >= 15 is 0 Å². The van der Waals surface area contributed by atoms with E-state index in [4.69, 9.17) is 63.9 Å². The molecule has 0 saturated carbocycles. The van der Waals surface area contributed by atoms with Gasteiger partial charge in [0.25, 0.3) is 0 Å². The fourth-order valence-corrected chi connectivity index (χ4v) is 3.09. The second-order valence-corrected chi connectivity index (χ2v) is 8.69. The third-order valence-corrected chi connectivity index (χ3v) is 5.24. The van der Waals surface area contributed by atoms with Gasteiger partial charge in [-0.05, 0) is 0 Å². The minimum atomic E-state index is -0.877. The first-order chi connectivity index (χ1) is 20.7. The molecule has 0 unspecified atom stereocenters. The molecule has 0 aromatic heterocycles. The lowest BCUT2D eigenvalue weighted by Crippen LogP contribution is -2.34. The molecule has 0 saturated heterocycles. The number of nitrogens with two attached hydrogens (primary N) is 2. The van der Waals surface area contributed by atoms with Crippen LogP contribution >= 0.6 is 0 Å². The Morgan fingerprint density at radius 1 is 0.405 bits per heavy atom. The van der Waals surface area contributed by atoms with Crippen molar-refractivity contribution in [2.75, 3.05) is 165 Å². The summed E-state index contributed by atoms with van der Waals surface area (Å²) in [7, 11) is 0. The van der Waals surface area contributed by atoms with Crippen molar-refractivity contribution in [2.24, 2.45) is 11.5 Å². The molecule has 0 aromatic rings. The van der Waals surface area contributed by atoms with Gasteiger partial charge in [-0.25, -0.2) is 0 Å². The van der Waals surface area contributed by atoms with E-state index in [9.17, 15) is 4.79 Å². The number of carboxylic acid groups (broad SMARTS) is 1. The zero-order valence-corrected chi connectivity index (χ0v) is 25.4. The number of carbonyl (C=O) groups is 1. The number of rotatable bonds is 37. The highest BCUT2D eigenvalue weighted by atomic mass is 16.6. The first kappa shape index (κ1) is 41.0. The Bertz CT molecular complexity index is 511. The van der Waals surface area contributed by atoms with Crippen molar-refractivity contribution in [1.82, 2.24) is 4.90 Å². The Hall–Kier alpha value is -1.05. The zero-order chi connectivity index (χ0) is 30.6. The monoisotopic (exact) mass is 615 g/mol. The van der Waals surface area contributed by atoms with Crippen molar-refractivity contribution in [3.63, 3.8) is 0 Å². The lowest BCUT2D eigenvalue weighted by atomic mass is 10.4. The molecule has 0 bridgehead atoms. The smallest absolute Gasteiger partial charge is 0.305 e. The minimum Gasteiger partial charge on any atom is -0.481 e. The van der Waals surface area contributed by atoms with Crippen LogP contribution in [0.5, 0.6) is 0 Å². The average Bonchev–Trinajstić information content (AvgIpc) is 2.98. The van der Waals surface area contributed by atoms with Crippen LogP contribution in [0.4, 0.5) is 0 Å². The van der Waals surface area contributed by atoms with E-state index < -0.39 is 5.97 Å². The third-order valence-electron chi connectivity index (χ3n) is 5.24. The molecule has 0 rings (SSSR count). The van der Waals surface area contributed by atoms with Crippen LogP contribution in [0.2, 0.25) is 0 Å². The van der Waals surface area contributed by atoms with E-state index in [1.54, 1.807) is 0 Å². The molecule has 0 heterocycles. The number of aliphatic carboxylic acids is 1. The molecule has 0 fully saturated rings. The van der Waals surface area contributed by atoms with Crippen molar-refractivity contribution in [3.8, 4) is 0 Å². The molecule has 0 aromatic carbocycles. The minimum absolute atomic E-state index is 0.0124. The Labute approximate surface area is 251 Å². The zero-order valence-electron chi connectivity index (χ0n) is 25.4. The fraction of sp³-hybridized carbons (Fsp3) is 0.963. The van der Waals surface area contributed by atoms with Gasteiger partial charge in [-0.15, -0.1) is 0 Å². The van der Waals surface area contributed by atoms with E-state index in [0.717, 1.165) is 13.1 Å². The summed E-state index contributed by atoms with van der Waals surface area (Å²) in [5.41, 5.74) is 10.7. The maximum Gasteiger partial charge on any atom is 0.305 e. The van der Waals surface area contributed by atoms with Crippen LogP contribution in [0.25, 0.3) is 0 Å². The standard InChI is InChI=1S/C27H57N3O12/c28-2-8-34-14-19-39-23-25-41-21-17-37-11-5-30(4-10-36-16-13-33-7-1-27(31)32)6-12-38-18-22-42-26-24-40-20-15-35-9-3-29/h1-26,28-29H2,(H,31,32). The van der Waals surface area contributed by atoms with Crippen LogP contribution in [0.1, 0.15) is 6.42 Å². The summed E-state index contributed by atoms with van der Waals surface area (Å²) in [6, 6.07) is 0. The Morgan fingerprint density at radius 3 is 0.905 bits per heavy atom. The Morgan fingerprint density at radius 2 is 0.643 bits per heavy atom. The quantitative estimate of drug-likeness (QED) is 0.0711. The molecule has 5 N–H and O–H groups in total. The van der Waals surface area contributed by atoms with Crippen LogP contribution in [0, 0.1) is 0 Å². The highest BCUT2D eigenvalue weighted by Gasteiger charge is 2.06. The molecule has 0 spiro atoms. The summed E-state index contributed by atoms with van der Waals surface area (Å²) in [6.07, 6.45) is -0.0124. The van der Waals surface area contributed by atoms with Crippen molar-refractivity contribution < 1.29 is 57.3 Å². The van der Waals surface area contributed by atoms with Crippen LogP contribution in [0.3, 0.4) is 0 Å². The molecular weight excluding hydrogens is 558 g/mol. The lowest BCUT2D eigenvalue weighted by molar-refractivity contribution is -0.138. The largest absolute Gasteiger partial charge is 0.481 e. The molecule has 0 amide bonds. The van der Waals surface area contributed by atoms with Gasteiger partial charge in [0.1, 0.15) is 0 Å². The maximum absolute atomic E-state index is 10.5. The number of ether oxygens (including phenoxy) is 10. The van der Waals surface area contributed by atoms with Crippen LogP contribution < -0.4 is 11.5 Å². The molecule has 0 aliphatic rings. The van der Waals surface area contributed by atoms with Crippen molar-refractivity contribution in [1.29, 1.82) is 0 Å². The molecule has 0 atom stereocenters. The lowest BCUT2D eigenvalue weighted by Gasteiger charge is -2.22. The average molecular weight is 616 g/mol. The first-order valence-corrected chi connectivity index (χ1v) is 14.8. The summed E-state index contributed by atoms with van der Waals surface area (Å²) in [6.45, 7) is 12.9. The van der Waals surface area contributed by atoms with Gasteiger partial charge in [-0.2, -0.15) is 0 Å². The van der Waals surface area contributed by atoms with E-state index in [2.05, 4.69) is 4.90 Å². The summed E-state index contributed by atoms with van der Waals surface area (Å²) >= 11 is 0. The molecule has 0 radical (unpaired) electrons. The molecule has 0 aliphatic carbocycles. The number of hydrogen-bond acceptors (Lipinski definition) is 14. The highest BCUT2D eigenvalue weighted by molar-refractivity contribution is 5.66. The van der Waals surface area contributed by atoms with Crippen molar-refractivity contribution >= 4 is 5.97 Å². The summed E-state index contributed by atoms with van der Waals surface area (Å²) in [5, 5.41) is 8.63. The molecule has 15 heteroatoms. The predicted molar refractivity (Wildman–Crippen MR) is 155 cm³/mol. The highest BCUT2D eigenvalue weighted by Crippen LogP contribution is 1.93. The van der Waals surface area contributed by atoms with Crippen molar-refractivity contribution in [3.05, 3.63) is 0 Å². The third kappa shape index (κ3) is 35.1. The van der Waals surface area contributed by atoms with Crippen LogP contribution in [-0.2, 0) is 52.2 Å².